The van der Waals surface area contributed by atoms with Crippen LogP contribution in [0.25, 0.3) is 0 Å². The van der Waals surface area contributed by atoms with Crippen molar-refractivity contribution in [2.75, 3.05) is 12.4 Å². The molecular weight excluding hydrogens is 281 g/mol. The van der Waals surface area contributed by atoms with Crippen molar-refractivity contribution in [1.82, 2.24) is 4.90 Å². The van der Waals surface area contributed by atoms with Gasteiger partial charge in [-0.2, -0.15) is 0 Å². The molecule has 1 aromatic carbocycles. The van der Waals surface area contributed by atoms with Crippen molar-refractivity contribution in [3.63, 3.8) is 0 Å². The molecule has 0 radical (unpaired) electrons. The summed E-state index contributed by atoms with van der Waals surface area (Å²) in [5.41, 5.74) is 1.53. The van der Waals surface area contributed by atoms with E-state index in [4.69, 9.17) is 23.2 Å². The zero-order chi connectivity index (χ0) is 13.8. The molecule has 1 aromatic rings. The Bertz CT molecular complexity index is 455. The first-order valence-corrected chi connectivity index (χ1v) is 7.68. The summed E-state index contributed by atoms with van der Waals surface area (Å²) in [5.74, 6) is 0.479. The standard InChI is InChI=1S/C15H19Cl2NO/c1-11-5-4-8-13(14(11)17)15(19)18(10-9-16)12-6-2-3-7-12/h4-5,8,12H,2-3,6-7,9-10H2,1H3. The van der Waals surface area contributed by atoms with Crippen molar-refractivity contribution in [2.45, 2.75) is 38.6 Å². The number of aryl methyl sites for hydroxylation is 1. The summed E-state index contributed by atoms with van der Waals surface area (Å²) in [5, 5.41) is 0.560. The maximum absolute atomic E-state index is 12.7. The summed E-state index contributed by atoms with van der Waals surface area (Å²) in [7, 11) is 0. The summed E-state index contributed by atoms with van der Waals surface area (Å²) >= 11 is 12.1. The zero-order valence-corrected chi connectivity index (χ0v) is 12.7. The van der Waals surface area contributed by atoms with Gasteiger partial charge in [-0.3, -0.25) is 4.79 Å². The third-order valence-electron chi connectivity index (χ3n) is 3.77. The molecule has 1 aliphatic carbocycles. The predicted molar refractivity (Wildman–Crippen MR) is 80.2 cm³/mol. The Morgan fingerprint density at radius 3 is 2.68 bits per heavy atom. The molecule has 104 valence electrons. The Morgan fingerprint density at radius 2 is 2.05 bits per heavy atom. The number of nitrogens with zero attached hydrogens (tertiary/aromatic N) is 1. The van der Waals surface area contributed by atoms with Gasteiger partial charge in [0.2, 0.25) is 0 Å². The third-order valence-corrected chi connectivity index (χ3v) is 4.44. The first-order valence-electron chi connectivity index (χ1n) is 6.77. The van der Waals surface area contributed by atoms with Gasteiger partial charge in [0, 0.05) is 18.5 Å². The highest BCUT2D eigenvalue weighted by Gasteiger charge is 2.28. The summed E-state index contributed by atoms with van der Waals surface area (Å²) in [4.78, 5) is 14.6. The van der Waals surface area contributed by atoms with E-state index in [-0.39, 0.29) is 5.91 Å². The fourth-order valence-corrected chi connectivity index (χ4v) is 3.11. The molecule has 19 heavy (non-hydrogen) atoms. The molecule has 0 unspecified atom stereocenters. The van der Waals surface area contributed by atoms with Gasteiger partial charge in [-0.15, -0.1) is 11.6 Å². The minimum absolute atomic E-state index is 0.0150. The van der Waals surface area contributed by atoms with E-state index in [1.165, 1.54) is 12.8 Å². The molecule has 2 nitrogen and oxygen atoms in total. The normalized spacial score (nSPS) is 15.7. The van der Waals surface area contributed by atoms with Crippen molar-refractivity contribution in [3.8, 4) is 0 Å². The fraction of sp³-hybridized carbons (Fsp3) is 0.533. The molecule has 0 atom stereocenters. The summed E-state index contributed by atoms with van der Waals surface area (Å²) in [6, 6.07) is 5.92. The lowest BCUT2D eigenvalue weighted by Crippen LogP contribution is -2.40. The molecule has 0 aromatic heterocycles. The van der Waals surface area contributed by atoms with Gasteiger partial charge in [-0.05, 0) is 31.4 Å². The van der Waals surface area contributed by atoms with E-state index >= 15 is 0 Å². The second-order valence-corrected chi connectivity index (χ2v) is 5.82. The van der Waals surface area contributed by atoms with Crippen LogP contribution in [-0.2, 0) is 0 Å². The van der Waals surface area contributed by atoms with E-state index in [1.54, 1.807) is 6.07 Å². The first-order chi connectivity index (χ1) is 9.15. The molecule has 2 rings (SSSR count). The van der Waals surface area contributed by atoms with Crippen LogP contribution in [-0.4, -0.2) is 29.3 Å². The minimum Gasteiger partial charge on any atom is -0.334 e. The number of rotatable bonds is 4. The van der Waals surface area contributed by atoms with Crippen LogP contribution in [0.2, 0.25) is 5.02 Å². The third kappa shape index (κ3) is 3.24. The maximum atomic E-state index is 12.7. The van der Waals surface area contributed by atoms with Crippen molar-refractivity contribution < 1.29 is 4.79 Å². The number of halogens is 2. The minimum atomic E-state index is 0.0150. The number of hydrogen-bond acceptors (Lipinski definition) is 1. The lowest BCUT2D eigenvalue weighted by Gasteiger charge is -2.29. The number of carbonyl (C=O) groups is 1. The largest absolute Gasteiger partial charge is 0.334 e. The molecule has 0 bridgehead atoms. The Hall–Kier alpha value is -0.730. The molecule has 4 heteroatoms. The Morgan fingerprint density at radius 1 is 1.37 bits per heavy atom. The van der Waals surface area contributed by atoms with E-state index in [9.17, 15) is 4.79 Å². The van der Waals surface area contributed by atoms with Gasteiger partial charge in [0.25, 0.3) is 5.91 Å². The quantitative estimate of drug-likeness (QED) is 0.760. The maximum Gasteiger partial charge on any atom is 0.255 e. The smallest absolute Gasteiger partial charge is 0.255 e. The molecular formula is C15H19Cl2NO. The highest BCUT2D eigenvalue weighted by molar-refractivity contribution is 6.34. The molecule has 1 amide bonds. The topological polar surface area (TPSA) is 20.3 Å². The molecule has 0 aliphatic heterocycles. The van der Waals surface area contributed by atoms with E-state index < -0.39 is 0 Å². The van der Waals surface area contributed by atoms with Crippen LogP contribution in [0, 0.1) is 6.92 Å². The van der Waals surface area contributed by atoms with E-state index in [2.05, 4.69) is 0 Å². The Labute approximate surface area is 124 Å². The highest BCUT2D eigenvalue weighted by atomic mass is 35.5. The first kappa shape index (κ1) is 14.7. The van der Waals surface area contributed by atoms with E-state index in [0.29, 0.717) is 29.1 Å². The van der Waals surface area contributed by atoms with Gasteiger partial charge in [-0.1, -0.05) is 36.6 Å². The van der Waals surface area contributed by atoms with Gasteiger partial charge < -0.3 is 4.90 Å². The van der Waals surface area contributed by atoms with Gasteiger partial charge in [0.05, 0.1) is 10.6 Å². The average Bonchev–Trinajstić information content (AvgIpc) is 2.92. The SMILES string of the molecule is Cc1cccc(C(=O)N(CCCl)C2CCCC2)c1Cl. The van der Waals surface area contributed by atoms with Crippen LogP contribution in [0.1, 0.15) is 41.6 Å². The lowest BCUT2D eigenvalue weighted by atomic mass is 10.1. The predicted octanol–water partition coefficient (Wildman–Crippen LogP) is 4.27. The summed E-state index contributed by atoms with van der Waals surface area (Å²) in [6.07, 6.45) is 4.54. The second-order valence-electron chi connectivity index (χ2n) is 5.06. The van der Waals surface area contributed by atoms with Crippen LogP contribution in [0.4, 0.5) is 0 Å². The number of carbonyl (C=O) groups excluding carboxylic acids is 1. The second kappa shape index (κ2) is 6.62. The number of amides is 1. The molecule has 1 fully saturated rings. The average molecular weight is 300 g/mol. The van der Waals surface area contributed by atoms with Crippen molar-refractivity contribution in [3.05, 3.63) is 34.3 Å². The summed E-state index contributed by atoms with van der Waals surface area (Å²) in [6.45, 7) is 2.51. The van der Waals surface area contributed by atoms with E-state index in [0.717, 1.165) is 18.4 Å². The molecule has 1 aliphatic rings. The number of benzene rings is 1. The van der Waals surface area contributed by atoms with Gasteiger partial charge in [-0.25, -0.2) is 0 Å². The Balaban J connectivity index is 2.25. The fourth-order valence-electron chi connectivity index (χ4n) is 2.72. The van der Waals surface area contributed by atoms with Crippen LogP contribution < -0.4 is 0 Å². The number of alkyl halides is 1. The van der Waals surface area contributed by atoms with Gasteiger partial charge in [0.1, 0.15) is 0 Å². The molecule has 0 saturated heterocycles. The molecule has 0 N–H and O–H groups in total. The van der Waals surface area contributed by atoms with Crippen molar-refractivity contribution in [1.29, 1.82) is 0 Å². The van der Waals surface area contributed by atoms with Crippen molar-refractivity contribution in [2.24, 2.45) is 0 Å². The summed E-state index contributed by atoms with van der Waals surface area (Å²) < 4.78 is 0. The number of hydrogen-bond donors (Lipinski definition) is 0. The van der Waals surface area contributed by atoms with Crippen LogP contribution in [0.15, 0.2) is 18.2 Å². The monoisotopic (exact) mass is 299 g/mol. The Kier molecular flexibility index (Phi) is 5.12. The highest BCUT2D eigenvalue weighted by Crippen LogP contribution is 2.27. The van der Waals surface area contributed by atoms with Gasteiger partial charge >= 0.3 is 0 Å². The van der Waals surface area contributed by atoms with Gasteiger partial charge in [0.15, 0.2) is 0 Å². The molecule has 1 saturated carbocycles. The van der Waals surface area contributed by atoms with Crippen molar-refractivity contribution >= 4 is 29.1 Å². The van der Waals surface area contributed by atoms with Crippen LogP contribution >= 0.6 is 23.2 Å². The van der Waals surface area contributed by atoms with E-state index in [1.807, 2.05) is 24.0 Å². The lowest BCUT2D eigenvalue weighted by molar-refractivity contribution is 0.0695. The zero-order valence-electron chi connectivity index (χ0n) is 11.2. The molecule has 0 spiro atoms. The van der Waals surface area contributed by atoms with Crippen LogP contribution in [0.5, 0.6) is 0 Å². The van der Waals surface area contributed by atoms with Crippen LogP contribution in [0.3, 0.4) is 0 Å². The molecule has 0 heterocycles.